The van der Waals surface area contributed by atoms with Gasteiger partial charge in [0.1, 0.15) is 5.76 Å². The van der Waals surface area contributed by atoms with Gasteiger partial charge in [-0.2, -0.15) is 0 Å². The van der Waals surface area contributed by atoms with E-state index in [2.05, 4.69) is 18.2 Å². The lowest BCUT2D eigenvalue weighted by Gasteiger charge is -1.96. The summed E-state index contributed by atoms with van der Waals surface area (Å²) in [5.41, 5.74) is 3.34. The second-order valence-electron chi connectivity index (χ2n) is 2.67. The van der Waals surface area contributed by atoms with Gasteiger partial charge in [-0.15, -0.1) is 0 Å². The van der Waals surface area contributed by atoms with E-state index in [9.17, 15) is 0 Å². The largest absolute Gasteiger partial charge is 0.361 e. The summed E-state index contributed by atoms with van der Waals surface area (Å²) in [5, 5.41) is 3.87. The third-order valence-corrected chi connectivity index (χ3v) is 1.86. The topological polar surface area (TPSA) is 26.0 Å². The number of rotatable bonds is 1. The van der Waals surface area contributed by atoms with Crippen molar-refractivity contribution in [2.75, 3.05) is 0 Å². The van der Waals surface area contributed by atoms with Crippen molar-refractivity contribution in [2.45, 2.75) is 27.7 Å². The molecule has 0 aliphatic carbocycles. The molecule has 0 atom stereocenters. The van der Waals surface area contributed by atoms with E-state index in [1.807, 2.05) is 20.8 Å². The summed E-state index contributed by atoms with van der Waals surface area (Å²) < 4.78 is 5.03. The van der Waals surface area contributed by atoms with Gasteiger partial charge in [0, 0.05) is 5.56 Å². The Balaban J connectivity index is 3.21. The highest BCUT2D eigenvalue weighted by atomic mass is 16.5. The Kier molecular flexibility index (Phi) is 2.13. The van der Waals surface area contributed by atoms with Crippen LogP contribution in [0, 0.1) is 13.8 Å². The molecular formula is C9H13NO. The molecule has 0 aliphatic rings. The molecule has 2 heteroatoms. The van der Waals surface area contributed by atoms with Crippen LogP contribution in [0.5, 0.6) is 0 Å². The molecule has 1 aromatic rings. The van der Waals surface area contributed by atoms with E-state index < -0.39 is 0 Å². The summed E-state index contributed by atoms with van der Waals surface area (Å²) >= 11 is 0. The Labute approximate surface area is 66.9 Å². The second kappa shape index (κ2) is 2.91. The Hall–Kier alpha value is -1.05. The van der Waals surface area contributed by atoms with E-state index in [1.165, 1.54) is 5.57 Å². The third-order valence-electron chi connectivity index (χ3n) is 1.86. The quantitative estimate of drug-likeness (QED) is 0.616. The summed E-state index contributed by atoms with van der Waals surface area (Å²) in [6.07, 6.45) is 2.06. The lowest BCUT2D eigenvalue weighted by molar-refractivity contribution is 0.393. The van der Waals surface area contributed by atoms with E-state index in [-0.39, 0.29) is 0 Å². The minimum Gasteiger partial charge on any atom is -0.361 e. The van der Waals surface area contributed by atoms with Gasteiger partial charge in [0.15, 0.2) is 0 Å². The molecule has 0 aliphatic heterocycles. The first-order chi connectivity index (χ1) is 5.16. The fraction of sp³-hybridized carbons (Fsp3) is 0.444. The Bertz CT molecular complexity index is 264. The van der Waals surface area contributed by atoms with Gasteiger partial charge in [-0.3, -0.25) is 0 Å². The van der Waals surface area contributed by atoms with Crippen LogP contribution in [-0.2, 0) is 0 Å². The normalized spacial score (nSPS) is 12.2. The van der Waals surface area contributed by atoms with Crippen LogP contribution in [0.25, 0.3) is 5.57 Å². The Morgan fingerprint density at radius 3 is 2.45 bits per heavy atom. The molecule has 0 saturated heterocycles. The fourth-order valence-electron chi connectivity index (χ4n) is 1.19. The zero-order valence-corrected chi connectivity index (χ0v) is 7.43. The number of aromatic nitrogens is 1. The first-order valence-corrected chi connectivity index (χ1v) is 3.73. The molecule has 1 heterocycles. The monoisotopic (exact) mass is 151 g/mol. The highest BCUT2D eigenvalue weighted by molar-refractivity contribution is 5.66. The van der Waals surface area contributed by atoms with E-state index in [1.54, 1.807) is 0 Å². The van der Waals surface area contributed by atoms with Crippen molar-refractivity contribution in [1.82, 2.24) is 5.16 Å². The van der Waals surface area contributed by atoms with Crippen LogP contribution >= 0.6 is 0 Å². The van der Waals surface area contributed by atoms with Crippen LogP contribution in [0.15, 0.2) is 10.6 Å². The predicted molar refractivity (Wildman–Crippen MR) is 45.3 cm³/mol. The van der Waals surface area contributed by atoms with Crippen molar-refractivity contribution in [3.8, 4) is 0 Å². The van der Waals surface area contributed by atoms with Gasteiger partial charge >= 0.3 is 0 Å². The smallest absolute Gasteiger partial charge is 0.141 e. The molecule has 1 aromatic heterocycles. The van der Waals surface area contributed by atoms with Gasteiger partial charge in [-0.1, -0.05) is 11.2 Å². The molecule has 11 heavy (non-hydrogen) atoms. The molecule has 0 saturated carbocycles. The molecule has 1 rings (SSSR count). The van der Waals surface area contributed by atoms with Crippen LogP contribution in [0.2, 0.25) is 0 Å². The standard InChI is InChI=1S/C9H13NO/c1-5-6(2)9-7(3)10-11-8(9)4/h5H,1-4H3/b6-5-. The summed E-state index contributed by atoms with van der Waals surface area (Å²) in [7, 11) is 0. The molecule has 0 bridgehead atoms. The highest BCUT2D eigenvalue weighted by Gasteiger charge is 2.08. The summed E-state index contributed by atoms with van der Waals surface area (Å²) in [6, 6.07) is 0. The van der Waals surface area contributed by atoms with E-state index >= 15 is 0 Å². The number of allylic oxidation sites excluding steroid dienone is 2. The van der Waals surface area contributed by atoms with Crippen LogP contribution < -0.4 is 0 Å². The SMILES string of the molecule is C/C=C(/C)c1c(C)noc1C. The molecule has 0 fully saturated rings. The zero-order valence-electron chi connectivity index (χ0n) is 7.43. The molecule has 60 valence electrons. The number of hydrogen-bond donors (Lipinski definition) is 0. The lowest BCUT2D eigenvalue weighted by Crippen LogP contribution is -1.82. The fourth-order valence-corrected chi connectivity index (χ4v) is 1.19. The maximum Gasteiger partial charge on any atom is 0.141 e. The maximum atomic E-state index is 5.03. The van der Waals surface area contributed by atoms with Crippen molar-refractivity contribution in [2.24, 2.45) is 0 Å². The van der Waals surface area contributed by atoms with Crippen molar-refractivity contribution in [3.05, 3.63) is 23.1 Å². The first kappa shape index (κ1) is 8.05. The van der Waals surface area contributed by atoms with Gasteiger partial charge < -0.3 is 4.52 Å². The molecule has 0 amide bonds. The number of aryl methyl sites for hydroxylation is 2. The summed E-state index contributed by atoms with van der Waals surface area (Å²) in [4.78, 5) is 0. The summed E-state index contributed by atoms with van der Waals surface area (Å²) in [5.74, 6) is 0.901. The van der Waals surface area contributed by atoms with Gasteiger partial charge in [0.25, 0.3) is 0 Å². The average Bonchev–Trinajstić information content (AvgIpc) is 2.30. The second-order valence-corrected chi connectivity index (χ2v) is 2.67. The summed E-state index contributed by atoms with van der Waals surface area (Å²) in [6.45, 7) is 7.97. The molecule has 2 nitrogen and oxygen atoms in total. The number of nitrogens with zero attached hydrogens (tertiary/aromatic N) is 1. The number of hydrogen-bond acceptors (Lipinski definition) is 2. The van der Waals surface area contributed by atoms with Gasteiger partial charge in [0.05, 0.1) is 5.69 Å². The molecule has 0 unspecified atom stereocenters. The Morgan fingerprint density at radius 1 is 1.45 bits per heavy atom. The van der Waals surface area contributed by atoms with Gasteiger partial charge in [-0.05, 0) is 33.3 Å². The van der Waals surface area contributed by atoms with E-state index in [0.717, 1.165) is 17.0 Å². The average molecular weight is 151 g/mol. The predicted octanol–water partition coefficient (Wildman–Crippen LogP) is 2.71. The lowest BCUT2D eigenvalue weighted by atomic mass is 10.1. The van der Waals surface area contributed by atoms with Crippen LogP contribution in [0.1, 0.15) is 30.9 Å². The van der Waals surface area contributed by atoms with E-state index in [0.29, 0.717) is 0 Å². The van der Waals surface area contributed by atoms with Crippen LogP contribution in [0.3, 0.4) is 0 Å². The minimum absolute atomic E-state index is 0.901. The molecule has 0 radical (unpaired) electrons. The van der Waals surface area contributed by atoms with Gasteiger partial charge in [0.2, 0.25) is 0 Å². The van der Waals surface area contributed by atoms with Gasteiger partial charge in [-0.25, -0.2) is 0 Å². The third kappa shape index (κ3) is 1.34. The van der Waals surface area contributed by atoms with Crippen LogP contribution in [-0.4, -0.2) is 5.16 Å². The maximum absolute atomic E-state index is 5.03. The molecule has 0 aromatic carbocycles. The highest BCUT2D eigenvalue weighted by Crippen LogP contribution is 2.21. The van der Waals surface area contributed by atoms with Crippen LogP contribution in [0.4, 0.5) is 0 Å². The molecule has 0 spiro atoms. The Morgan fingerprint density at radius 2 is 2.09 bits per heavy atom. The van der Waals surface area contributed by atoms with Crippen molar-refractivity contribution in [1.29, 1.82) is 0 Å². The first-order valence-electron chi connectivity index (χ1n) is 3.73. The van der Waals surface area contributed by atoms with E-state index in [4.69, 9.17) is 4.52 Å². The molecule has 0 N–H and O–H groups in total. The molecular weight excluding hydrogens is 138 g/mol. The van der Waals surface area contributed by atoms with Crippen molar-refractivity contribution in [3.63, 3.8) is 0 Å². The zero-order chi connectivity index (χ0) is 8.43. The minimum atomic E-state index is 0.901. The van der Waals surface area contributed by atoms with Crippen molar-refractivity contribution < 1.29 is 4.52 Å². The van der Waals surface area contributed by atoms with Crippen molar-refractivity contribution >= 4 is 5.57 Å².